The van der Waals surface area contributed by atoms with Gasteiger partial charge >= 0.3 is 0 Å². The molecule has 0 heterocycles. The summed E-state index contributed by atoms with van der Waals surface area (Å²) in [5.74, 6) is 6.50. The molecule has 1 aromatic rings. The smallest absolute Gasteiger partial charge is 0.122 e. The highest BCUT2D eigenvalue weighted by atomic mass is 35.5. The Balaban J connectivity index is 2.69. The van der Waals surface area contributed by atoms with Crippen LogP contribution in [0.3, 0.4) is 0 Å². The summed E-state index contributed by atoms with van der Waals surface area (Å²) >= 11 is 5.53. The third-order valence-electron chi connectivity index (χ3n) is 1.98. The third kappa shape index (κ3) is 4.38. The van der Waals surface area contributed by atoms with E-state index in [1.807, 2.05) is 30.3 Å². The minimum atomic E-state index is -0.0947. The molecule has 1 unspecified atom stereocenters. The zero-order valence-corrected chi connectivity index (χ0v) is 9.79. The summed E-state index contributed by atoms with van der Waals surface area (Å²) < 4.78 is 5.32. The highest BCUT2D eigenvalue weighted by molar-refractivity contribution is 6.17. The molecule has 80 valence electrons. The standard InChI is InChI=1S/C13H15ClO/c1-11(2)13(15-10-14)9-8-12-6-4-3-5-7-12/h3-7,11,13H,10H2,1-2H3. The van der Waals surface area contributed by atoms with E-state index in [0.29, 0.717) is 5.92 Å². The van der Waals surface area contributed by atoms with E-state index in [0.717, 1.165) is 5.56 Å². The van der Waals surface area contributed by atoms with E-state index in [1.54, 1.807) is 0 Å². The predicted molar refractivity (Wildman–Crippen MR) is 63.8 cm³/mol. The van der Waals surface area contributed by atoms with Crippen molar-refractivity contribution in [3.8, 4) is 11.8 Å². The molecule has 1 rings (SSSR count). The largest absolute Gasteiger partial charge is 0.350 e. The van der Waals surface area contributed by atoms with Crippen LogP contribution in [-0.4, -0.2) is 12.2 Å². The van der Waals surface area contributed by atoms with Crippen molar-refractivity contribution in [3.63, 3.8) is 0 Å². The van der Waals surface area contributed by atoms with Gasteiger partial charge in [0.25, 0.3) is 0 Å². The van der Waals surface area contributed by atoms with Gasteiger partial charge in [0.05, 0.1) is 0 Å². The fraction of sp³-hybridized carbons (Fsp3) is 0.385. The molecule has 0 fully saturated rings. The fourth-order valence-electron chi connectivity index (χ4n) is 1.14. The number of halogens is 1. The van der Waals surface area contributed by atoms with Crippen LogP contribution in [0, 0.1) is 17.8 Å². The van der Waals surface area contributed by atoms with Gasteiger partial charge in [-0.15, -0.1) is 0 Å². The van der Waals surface area contributed by atoms with Gasteiger partial charge in [-0.25, -0.2) is 0 Å². The molecule has 15 heavy (non-hydrogen) atoms. The molecular formula is C13H15ClO. The maximum absolute atomic E-state index is 5.53. The molecule has 1 nitrogen and oxygen atoms in total. The van der Waals surface area contributed by atoms with Gasteiger partial charge in [0.2, 0.25) is 0 Å². The topological polar surface area (TPSA) is 9.23 Å². The SMILES string of the molecule is CC(C)C(C#Cc1ccccc1)OCCl. The third-order valence-corrected chi connectivity index (χ3v) is 2.11. The van der Waals surface area contributed by atoms with Crippen molar-refractivity contribution in [2.24, 2.45) is 5.92 Å². The van der Waals surface area contributed by atoms with E-state index in [1.165, 1.54) is 0 Å². The average molecular weight is 223 g/mol. The van der Waals surface area contributed by atoms with Crippen molar-refractivity contribution in [2.75, 3.05) is 6.07 Å². The molecule has 0 spiro atoms. The van der Waals surface area contributed by atoms with Gasteiger partial charge in [0, 0.05) is 5.56 Å². The Morgan fingerprint density at radius 1 is 1.27 bits per heavy atom. The summed E-state index contributed by atoms with van der Waals surface area (Å²) in [6.07, 6.45) is -0.0947. The first-order valence-electron chi connectivity index (χ1n) is 4.98. The molecule has 0 saturated heterocycles. The second kappa shape index (κ2) is 6.50. The molecule has 1 atom stereocenters. The molecule has 0 bridgehead atoms. The van der Waals surface area contributed by atoms with Crippen molar-refractivity contribution in [2.45, 2.75) is 20.0 Å². The number of hydrogen-bond donors (Lipinski definition) is 0. The van der Waals surface area contributed by atoms with Crippen LogP contribution in [0.25, 0.3) is 0 Å². The normalized spacial score (nSPS) is 12.0. The minimum Gasteiger partial charge on any atom is -0.350 e. The maximum atomic E-state index is 5.53. The number of ether oxygens (including phenoxy) is 1. The van der Waals surface area contributed by atoms with Gasteiger partial charge in [-0.2, -0.15) is 0 Å². The van der Waals surface area contributed by atoms with Crippen LogP contribution < -0.4 is 0 Å². The van der Waals surface area contributed by atoms with Crippen LogP contribution >= 0.6 is 11.6 Å². The van der Waals surface area contributed by atoms with Crippen LogP contribution in [0.15, 0.2) is 30.3 Å². The summed E-state index contributed by atoms with van der Waals surface area (Å²) in [5.41, 5.74) is 1.00. The van der Waals surface area contributed by atoms with Gasteiger partial charge in [-0.05, 0) is 18.1 Å². The maximum Gasteiger partial charge on any atom is 0.122 e. The highest BCUT2D eigenvalue weighted by Gasteiger charge is 2.09. The van der Waals surface area contributed by atoms with Crippen molar-refractivity contribution in [3.05, 3.63) is 35.9 Å². The van der Waals surface area contributed by atoms with Crippen LogP contribution in [0.2, 0.25) is 0 Å². The lowest BCUT2D eigenvalue weighted by molar-refractivity contribution is 0.0957. The van der Waals surface area contributed by atoms with Gasteiger partial charge in [-0.1, -0.05) is 55.5 Å². The van der Waals surface area contributed by atoms with Crippen molar-refractivity contribution < 1.29 is 4.74 Å². The first kappa shape index (κ1) is 12.1. The van der Waals surface area contributed by atoms with Crippen LogP contribution in [-0.2, 0) is 4.74 Å². The second-order valence-corrected chi connectivity index (χ2v) is 3.79. The molecular weight excluding hydrogens is 208 g/mol. The van der Waals surface area contributed by atoms with Crippen molar-refractivity contribution in [1.29, 1.82) is 0 Å². The van der Waals surface area contributed by atoms with Crippen LogP contribution in [0.5, 0.6) is 0 Å². The second-order valence-electron chi connectivity index (χ2n) is 3.58. The van der Waals surface area contributed by atoms with E-state index in [-0.39, 0.29) is 12.2 Å². The first-order chi connectivity index (χ1) is 7.24. The minimum absolute atomic E-state index is 0.0947. The number of rotatable bonds is 3. The molecule has 0 N–H and O–H groups in total. The van der Waals surface area contributed by atoms with E-state index in [2.05, 4.69) is 25.7 Å². The summed E-state index contributed by atoms with van der Waals surface area (Å²) in [7, 11) is 0. The van der Waals surface area contributed by atoms with Crippen molar-refractivity contribution >= 4 is 11.6 Å². The Labute approximate surface area is 96.4 Å². The number of hydrogen-bond acceptors (Lipinski definition) is 1. The van der Waals surface area contributed by atoms with E-state index < -0.39 is 0 Å². The van der Waals surface area contributed by atoms with Crippen molar-refractivity contribution in [1.82, 2.24) is 0 Å². The summed E-state index contributed by atoms with van der Waals surface area (Å²) in [5, 5.41) is 0. The highest BCUT2D eigenvalue weighted by Crippen LogP contribution is 2.06. The Morgan fingerprint density at radius 3 is 2.47 bits per heavy atom. The monoisotopic (exact) mass is 222 g/mol. The molecule has 0 aromatic heterocycles. The molecule has 0 aliphatic heterocycles. The van der Waals surface area contributed by atoms with E-state index >= 15 is 0 Å². The molecule has 0 amide bonds. The predicted octanol–water partition coefficient (Wildman–Crippen LogP) is 3.28. The van der Waals surface area contributed by atoms with Crippen LogP contribution in [0.4, 0.5) is 0 Å². The molecule has 1 aromatic carbocycles. The zero-order chi connectivity index (χ0) is 11.1. The molecule has 0 saturated carbocycles. The molecule has 0 radical (unpaired) electrons. The van der Waals surface area contributed by atoms with Gasteiger partial charge in [0.1, 0.15) is 12.2 Å². The van der Waals surface area contributed by atoms with E-state index in [9.17, 15) is 0 Å². The summed E-state index contributed by atoms with van der Waals surface area (Å²) in [6.45, 7) is 4.13. The van der Waals surface area contributed by atoms with Gasteiger partial charge in [0.15, 0.2) is 0 Å². The van der Waals surface area contributed by atoms with Crippen LogP contribution in [0.1, 0.15) is 19.4 Å². The van der Waals surface area contributed by atoms with E-state index in [4.69, 9.17) is 16.3 Å². The molecule has 2 heteroatoms. The zero-order valence-electron chi connectivity index (χ0n) is 9.03. The summed E-state index contributed by atoms with van der Waals surface area (Å²) in [6, 6.07) is 10.1. The number of alkyl halides is 1. The molecule has 0 aliphatic carbocycles. The molecule has 0 aliphatic rings. The number of benzene rings is 1. The summed E-state index contributed by atoms with van der Waals surface area (Å²) in [4.78, 5) is 0. The average Bonchev–Trinajstić information content (AvgIpc) is 2.25. The Kier molecular flexibility index (Phi) is 5.25. The van der Waals surface area contributed by atoms with Gasteiger partial charge < -0.3 is 4.74 Å². The Morgan fingerprint density at radius 2 is 1.93 bits per heavy atom. The lowest BCUT2D eigenvalue weighted by atomic mass is 10.1. The lowest BCUT2D eigenvalue weighted by Gasteiger charge is -2.13. The lowest BCUT2D eigenvalue weighted by Crippen LogP contribution is -2.16. The Hall–Kier alpha value is -0.970. The Bertz CT molecular complexity index is 335. The fourth-order valence-corrected chi connectivity index (χ4v) is 1.28. The quantitative estimate of drug-likeness (QED) is 0.564. The van der Waals surface area contributed by atoms with Gasteiger partial charge in [-0.3, -0.25) is 0 Å². The first-order valence-corrected chi connectivity index (χ1v) is 5.51.